The molecule has 0 unspecified atom stereocenters. The van der Waals surface area contributed by atoms with Gasteiger partial charge in [0.2, 0.25) is 0 Å². The first-order valence-corrected chi connectivity index (χ1v) is 5.21. The molecule has 1 heterocycles. The fourth-order valence-corrected chi connectivity index (χ4v) is 2.31. The molecular weight excluding hydrogens is 265 g/mol. The molecule has 2 nitrogen and oxygen atoms in total. The summed E-state index contributed by atoms with van der Waals surface area (Å²) in [4.78, 5) is 4.08. The summed E-state index contributed by atoms with van der Waals surface area (Å²) in [6.07, 6.45) is 0. The molecule has 4 heteroatoms. The van der Waals surface area contributed by atoms with Gasteiger partial charge in [0.1, 0.15) is 16.4 Å². The summed E-state index contributed by atoms with van der Waals surface area (Å²) in [7, 11) is 0. The molecule has 0 bridgehead atoms. The molecule has 0 aliphatic heterocycles. The van der Waals surface area contributed by atoms with Gasteiger partial charge in [0.05, 0.1) is 0 Å². The van der Waals surface area contributed by atoms with Crippen LogP contribution in [0.2, 0.25) is 5.15 Å². The fourth-order valence-electron chi connectivity index (χ4n) is 1.43. The van der Waals surface area contributed by atoms with E-state index in [2.05, 4.69) is 20.9 Å². The molecule has 0 spiro atoms. The van der Waals surface area contributed by atoms with Gasteiger partial charge in [-0.05, 0) is 30.7 Å². The molecule has 0 aliphatic rings. The average Bonchev–Trinajstić information content (AvgIpc) is 2.10. The van der Waals surface area contributed by atoms with E-state index < -0.39 is 0 Å². The van der Waals surface area contributed by atoms with Gasteiger partial charge in [-0.3, -0.25) is 0 Å². The number of phenolic OH excluding ortho intramolecular Hbond substituents is 1. The summed E-state index contributed by atoms with van der Waals surface area (Å²) in [5.41, 5.74) is 1.52. The minimum atomic E-state index is 0.147. The van der Waals surface area contributed by atoms with Gasteiger partial charge in [0.15, 0.2) is 0 Å². The topological polar surface area (TPSA) is 33.1 Å². The standard InChI is InChI=1S/C10H7BrClNO/c1-5-4-8(12)13-10-7(14)3-2-6(11)9(5)10/h2-4,14H,1H3. The molecule has 14 heavy (non-hydrogen) atoms. The number of phenols is 1. The van der Waals surface area contributed by atoms with Crippen molar-refractivity contribution in [3.63, 3.8) is 0 Å². The molecule has 2 rings (SSSR count). The number of nitrogens with zero attached hydrogens (tertiary/aromatic N) is 1. The molecular formula is C10H7BrClNO. The second-order valence-electron chi connectivity index (χ2n) is 3.05. The van der Waals surface area contributed by atoms with Crippen molar-refractivity contribution in [1.29, 1.82) is 0 Å². The van der Waals surface area contributed by atoms with Gasteiger partial charge in [-0.1, -0.05) is 27.5 Å². The van der Waals surface area contributed by atoms with E-state index in [1.807, 2.05) is 6.92 Å². The minimum Gasteiger partial charge on any atom is -0.506 e. The zero-order chi connectivity index (χ0) is 10.3. The Morgan fingerprint density at radius 1 is 1.43 bits per heavy atom. The zero-order valence-electron chi connectivity index (χ0n) is 7.38. The molecule has 0 saturated carbocycles. The van der Waals surface area contributed by atoms with E-state index in [1.165, 1.54) is 0 Å². The number of fused-ring (bicyclic) bond motifs is 1. The molecule has 0 atom stereocenters. The molecule has 1 aromatic heterocycles. The lowest BCUT2D eigenvalue weighted by atomic mass is 10.1. The van der Waals surface area contributed by atoms with Crippen molar-refractivity contribution >= 4 is 38.4 Å². The Morgan fingerprint density at radius 3 is 2.86 bits per heavy atom. The third-order valence-electron chi connectivity index (χ3n) is 2.05. The van der Waals surface area contributed by atoms with Crippen LogP contribution in [0.4, 0.5) is 0 Å². The Balaban J connectivity index is 3.00. The van der Waals surface area contributed by atoms with Crippen molar-refractivity contribution in [3.8, 4) is 5.75 Å². The van der Waals surface area contributed by atoms with E-state index in [0.29, 0.717) is 10.7 Å². The molecule has 0 fully saturated rings. The summed E-state index contributed by atoms with van der Waals surface area (Å²) >= 11 is 9.22. The summed E-state index contributed by atoms with van der Waals surface area (Å²) in [5.74, 6) is 0.147. The number of hydrogen-bond acceptors (Lipinski definition) is 2. The highest BCUT2D eigenvalue weighted by molar-refractivity contribution is 9.10. The third-order valence-corrected chi connectivity index (χ3v) is 2.91. The number of aromatic hydroxyl groups is 1. The maximum absolute atomic E-state index is 9.60. The van der Waals surface area contributed by atoms with E-state index >= 15 is 0 Å². The molecule has 72 valence electrons. The van der Waals surface area contributed by atoms with Crippen LogP contribution in [-0.2, 0) is 0 Å². The normalized spacial score (nSPS) is 10.8. The number of aromatic nitrogens is 1. The van der Waals surface area contributed by atoms with Crippen molar-refractivity contribution in [1.82, 2.24) is 4.98 Å². The minimum absolute atomic E-state index is 0.147. The quantitative estimate of drug-likeness (QED) is 0.742. The third kappa shape index (κ3) is 1.47. The lowest BCUT2D eigenvalue weighted by Crippen LogP contribution is -1.86. The van der Waals surface area contributed by atoms with Gasteiger partial charge in [-0.15, -0.1) is 0 Å². The highest BCUT2D eigenvalue weighted by Gasteiger charge is 2.08. The van der Waals surface area contributed by atoms with Crippen LogP contribution in [-0.4, -0.2) is 10.1 Å². The number of aryl methyl sites for hydroxylation is 1. The first-order valence-electron chi connectivity index (χ1n) is 4.04. The fraction of sp³-hybridized carbons (Fsp3) is 0.100. The largest absolute Gasteiger partial charge is 0.506 e. The number of halogens is 2. The maximum atomic E-state index is 9.60. The van der Waals surface area contributed by atoms with Gasteiger partial charge in [0.25, 0.3) is 0 Å². The van der Waals surface area contributed by atoms with Gasteiger partial charge < -0.3 is 5.11 Å². The van der Waals surface area contributed by atoms with E-state index in [0.717, 1.165) is 15.4 Å². The number of benzene rings is 1. The van der Waals surface area contributed by atoms with Crippen LogP contribution in [0.15, 0.2) is 22.7 Å². The lowest BCUT2D eigenvalue weighted by Gasteiger charge is -2.06. The number of rotatable bonds is 0. The first-order chi connectivity index (χ1) is 6.59. The zero-order valence-corrected chi connectivity index (χ0v) is 9.72. The summed E-state index contributed by atoms with van der Waals surface area (Å²) < 4.78 is 0.909. The van der Waals surface area contributed by atoms with E-state index in [9.17, 15) is 5.11 Å². The molecule has 0 saturated heterocycles. The Morgan fingerprint density at radius 2 is 2.14 bits per heavy atom. The Bertz CT molecular complexity index is 513. The smallest absolute Gasteiger partial charge is 0.141 e. The maximum Gasteiger partial charge on any atom is 0.141 e. The van der Waals surface area contributed by atoms with Crippen LogP contribution in [0, 0.1) is 6.92 Å². The van der Waals surface area contributed by atoms with Gasteiger partial charge in [-0.2, -0.15) is 0 Å². The van der Waals surface area contributed by atoms with Gasteiger partial charge >= 0.3 is 0 Å². The summed E-state index contributed by atoms with van der Waals surface area (Å²) in [6, 6.07) is 5.16. The molecule has 0 amide bonds. The molecule has 2 aromatic rings. The molecule has 0 aliphatic carbocycles. The van der Waals surface area contributed by atoms with Crippen LogP contribution >= 0.6 is 27.5 Å². The van der Waals surface area contributed by atoms with E-state index in [-0.39, 0.29) is 5.75 Å². The predicted octanol–water partition coefficient (Wildman–Crippen LogP) is 3.66. The number of pyridine rings is 1. The van der Waals surface area contributed by atoms with Crippen molar-refractivity contribution in [2.45, 2.75) is 6.92 Å². The molecule has 0 radical (unpaired) electrons. The monoisotopic (exact) mass is 271 g/mol. The highest BCUT2D eigenvalue weighted by Crippen LogP contribution is 2.32. The SMILES string of the molecule is Cc1cc(Cl)nc2c(O)ccc(Br)c12. The van der Waals surface area contributed by atoms with Crippen LogP contribution in [0.1, 0.15) is 5.56 Å². The lowest BCUT2D eigenvalue weighted by molar-refractivity contribution is 0.480. The summed E-state index contributed by atoms with van der Waals surface area (Å²) in [6.45, 7) is 1.93. The van der Waals surface area contributed by atoms with Gasteiger partial charge in [-0.25, -0.2) is 4.98 Å². The molecule has 1 N–H and O–H groups in total. The Hall–Kier alpha value is -0.800. The van der Waals surface area contributed by atoms with Crippen LogP contribution in [0.3, 0.4) is 0 Å². The number of hydrogen-bond donors (Lipinski definition) is 1. The van der Waals surface area contributed by atoms with Gasteiger partial charge in [0, 0.05) is 9.86 Å². The van der Waals surface area contributed by atoms with Crippen molar-refractivity contribution in [3.05, 3.63) is 33.4 Å². The second-order valence-corrected chi connectivity index (χ2v) is 4.29. The van der Waals surface area contributed by atoms with Crippen LogP contribution < -0.4 is 0 Å². The predicted molar refractivity (Wildman–Crippen MR) is 60.9 cm³/mol. The molecule has 1 aromatic carbocycles. The van der Waals surface area contributed by atoms with Crippen molar-refractivity contribution < 1.29 is 5.11 Å². The van der Waals surface area contributed by atoms with Crippen molar-refractivity contribution in [2.24, 2.45) is 0 Å². The first kappa shape index (κ1) is 9.74. The Labute approximate surface area is 94.7 Å². The van der Waals surface area contributed by atoms with Crippen LogP contribution in [0.25, 0.3) is 10.9 Å². The average molecular weight is 273 g/mol. The van der Waals surface area contributed by atoms with Crippen LogP contribution in [0.5, 0.6) is 5.75 Å². The summed E-state index contributed by atoms with van der Waals surface area (Å²) in [5, 5.41) is 10.9. The second kappa shape index (κ2) is 3.41. The Kier molecular flexibility index (Phi) is 2.37. The highest BCUT2D eigenvalue weighted by atomic mass is 79.9. The van der Waals surface area contributed by atoms with E-state index in [4.69, 9.17) is 11.6 Å². The van der Waals surface area contributed by atoms with Crippen molar-refractivity contribution in [2.75, 3.05) is 0 Å². The van der Waals surface area contributed by atoms with E-state index in [1.54, 1.807) is 18.2 Å².